The number of ether oxygens (including phenoxy) is 1. The maximum Gasteiger partial charge on any atom is 0.239 e. The van der Waals surface area contributed by atoms with Gasteiger partial charge in [0.15, 0.2) is 0 Å². The van der Waals surface area contributed by atoms with E-state index in [9.17, 15) is 5.11 Å². The normalized spacial score (nSPS) is 12.5. The summed E-state index contributed by atoms with van der Waals surface area (Å²) in [7, 11) is 0. The quantitative estimate of drug-likeness (QED) is 0.673. The Morgan fingerprint density at radius 1 is 1.42 bits per heavy atom. The molecule has 1 heterocycles. The number of aromatic nitrogens is 1. The van der Waals surface area contributed by atoms with Crippen LogP contribution in [0.3, 0.4) is 0 Å². The molecule has 0 aromatic carbocycles. The van der Waals surface area contributed by atoms with Crippen molar-refractivity contribution in [1.82, 2.24) is 4.98 Å². The largest absolute Gasteiger partial charge is 0.476 e. The standard InChI is InChI=1S/C14H25N3O2/c1-4-11(18)7-8-16-13-6-5-12(15)14(17-13)19-9-10(2)3/h5-6,10-11,18H,4,7-9,15H2,1-3H3,(H,16,17). The summed E-state index contributed by atoms with van der Waals surface area (Å²) in [6.07, 6.45) is 1.20. The predicted molar refractivity (Wildman–Crippen MR) is 78.4 cm³/mol. The predicted octanol–water partition coefficient (Wildman–Crippen LogP) is 2.27. The SMILES string of the molecule is CCC(O)CCNc1ccc(N)c(OCC(C)C)n1. The van der Waals surface area contributed by atoms with Crippen LogP contribution in [0, 0.1) is 5.92 Å². The van der Waals surface area contributed by atoms with Crippen molar-refractivity contribution in [1.29, 1.82) is 0 Å². The number of nitrogen functional groups attached to an aromatic ring is 1. The maximum absolute atomic E-state index is 9.47. The highest BCUT2D eigenvalue weighted by Gasteiger charge is 2.06. The Bertz CT molecular complexity index is 383. The number of nitrogens with one attached hydrogen (secondary N) is 1. The van der Waals surface area contributed by atoms with Gasteiger partial charge in [0, 0.05) is 6.54 Å². The van der Waals surface area contributed by atoms with Crippen LogP contribution in [0.4, 0.5) is 11.5 Å². The van der Waals surface area contributed by atoms with E-state index in [-0.39, 0.29) is 6.10 Å². The zero-order valence-electron chi connectivity index (χ0n) is 12.0. The van der Waals surface area contributed by atoms with Crippen LogP contribution < -0.4 is 15.8 Å². The molecular formula is C14H25N3O2. The second kappa shape index (κ2) is 7.84. The zero-order chi connectivity index (χ0) is 14.3. The van der Waals surface area contributed by atoms with Gasteiger partial charge in [-0.3, -0.25) is 0 Å². The molecule has 108 valence electrons. The molecule has 0 aliphatic carbocycles. The molecule has 0 bridgehead atoms. The minimum absolute atomic E-state index is 0.266. The second-order valence-corrected chi connectivity index (χ2v) is 5.07. The van der Waals surface area contributed by atoms with Crippen molar-refractivity contribution < 1.29 is 9.84 Å². The van der Waals surface area contributed by atoms with Crippen molar-refractivity contribution >= 4 is 11.5 Å². The lowest BCUT2D eigenvalue weighted by molar-refractivity contribution is 0.164. The Hall–Kier alpha value is -1.49. The molecule has 0 aliphatic rings. The fraction of sp³-hybridized carbons (Fsp3) is 0.643. The van der Waals surface area contributed by atoms with Gasteiger partial charge < -0.3 is 20.9 Å². The molecule has 5 nitrogen and oxygen atoms in total. The number of pyridine rings is 1. The molecule has 1 unspecified atom stereocenters. The number of hydrogen-bond acceptors (Lipinski definition) is 5. The molecule has 1 aromatic rings. The summed E-state index contributed by atoms with van der Waals surface area (Å²) in [5.41, 5.74) is 6.36. The number of aliphatic hydroxyl groups excluding tert-OH is 1. The van der Waals surface area contributed by atoms with Crippen LogP contribution in [-0.4, -0.2) is 29.3 Å². The fourth-order valence-corrected chi connectivity index (χ4v) is 1.48. The van der Waals surface area contributed by atoms with Crippen LogP contribution in [0.15, 0.2) is 12.1 Å². The summed E-state index contributed by atoms with van der Waals surface area (Å²) < 4.78 is 5.56. The van der Waals surface area contributed by atoms with Crippen molar-refractivity contribution in [3.63, 3.8) is 0 Å². The number of hydrogen-bond donors (Lipinski definition) is 3. The first-order valence-corrected chi connectivity index (χ1v) is 6.84. The van der Waals surface area contributed by atoms with E-state index in [1.54, 1.807) is 6.07 Å². The van der Waals surface area contributed by atoms with Crippen molar-refractivity contribution in [3.05, 3.63) is 12.1 Å². The van der Waals surface area contributed by atoms with E-state index in [2.05, 4.69) is 24.1 Å². The van der Waals surface area contributed by atoms with E-state index in [1.807, 2.05) is 13.0 Å². The lowest BCUT2D eigenvalue weighted by Crippen LogP contribution is -2.13. The molecule has 0 aliphatic heterocycles. The zero-order valence-corrected chi connectivity index (χ0v) is 12.0. The Balaban J connectivity index is 2.52. The highest BCUT2D eigenvalue weighted by atomic mass is 16.5. The first-order valence-electron chi connectivity index (χ1n) is 6.84. The van der Waals surface area contributed by atoms with E-state index in [0.717, 1.165) is 12.2 Å². The lowest BCUT2D eigenvalue weighted by atomic mass is 10.2. The van der Waals surface area contributed by atoms with Crippen molar-refractivity contribution in [3.8, 4) is 5.88 Å². The summed E-state index contributed by atoms with van der Waals surface area (Å²) in [6.45, 7) is 7.38. The molecule has 0 saturated heterocycles. The maximum atomic E-state index is 9.47. The minimum atomic E-state index is -0.266. The molecule has 0 saturated carbocycles. The van der Waals surface area contributed by atoms with Crippen molar-refractivity contribution in [2.24, 2.45) is 5.92 Å². The van der Waals surface area contributed by atoms with Gasteiger partial charge in [-0.15, -0.1) is 0 Å². The number of anilines is 2. The van der Waals surface area contributed by atoms with Crippen LogP contribution >= 0.6 is 0 Å². The smallest absolute Gasteiger partial charge is 0.239 e. The third-order valence-electron chi connectivity index (χ3n) is 2.70. The van der Waals surface area contributed by atoms with Crippen LogP contribution in [0.5, 0.6) is 5.88 Å². The molecule has 0 fully saturated rings. The number of aliphatic hydroxyl groups is 1. The molecule has 0 amide bonds. The van der Waals surface area contributed by atoms with Crippen molar-refractivity contribution in [2.75, 3.05) is 24.2 Å². The first-order chi connectivity index (χ1) is 9.02. The van der Waals surface area contributed by atoms with E-state index in [0.29, 0.717) is 37.1 Å². The minimum Gasteiger partial charge on any atom is -0.476 e. The monoisotopic (exact) mass is 267 g/mol. The number of nitrogens with two attached hydrogens (primary N) is 1. The molecule has 0 radical (unpaired) electrons. The summed E-state index contributed by atoms with van der Waals surface area (Å²) in [4.78, 5) is 4.33. The van der Waals surface area contributed by atoms with Gasteiger partial charge in [-0.05, 0) is 30.9 Å². The third kappa shape index (κ3) is 5.79. The third-order valence-corrected chi connectivity index (χ3v) is 2.70. The molecule has 1 aromatic heterocycles. The molecule has 0 spiro atoms. The van der Waals surface area contributed by atoms with Gasteiger partial charge >= 0.3 is 0 Å². The lowest BCUT2D eigenvalue weighted by Gasteiger charge is -2.13. The molecule has 5 heteroatoms. The fourth-order valence-electron chi connectivity index (χ4n) is 1.48. The van der Waals surface area contributed by atoms with Crippen LogP contribution in [0.2, 0.25) is 0 Å². The van der Waals surface area contributed by atoms with Gasteiger partial charge in [0.05, 0.1) is 18.4 Å². The molecule has 1 rings (SSSR count). The Morgan fingerprint density at radius 2 is 2.16 bits per heavy atom. The number of rotatable bonds is 8. The van der Waals surface area contributed by atoms with Crippen molar-refractivity contribution in [2.45, 2.75) is 39.7 Å². The summed E-state index contributed by atoms with van der Waals surface area (Å²) >= 11 is 0. The Kier molecular flexibility index (Phi) is 6.42. The van der Waals surface area contributed by atoms with Gasteiger partial charge in [-0.2, -0.15) is 4.98 Å². The van der Waals surface area contributed by atoms with Crippen LogP contribution in [-0.2, 0) is 0 Å². The van der Waals surface area contributed by atoms with Gasteiger partial charge in [-0.1, -0.05) is 20.8 Å². The molecular weight excluding hydrogens is 242 g/mol. The van der Waals surface area contributed by atoms with Gasteiger partial charge in [0.1, 0.15) is 5.82 Å². The molecule has 1 atom stereocenters. The highest BCUT2D eigenvalue weighted by Crippen LogP contribution is 2.21. The second-order valence-electron chi connectivity index (χ2n) is 5.07. The van der Waals surface area contributed by atoms with Gasteiger partial charge in [0.2, 0.25) is 5.88 Å². The van der Waals surface area contributed by atoms with E-state index >= 15 is 0 Å². The van der Waals surface area contributed by atoms with Crippen LogP contribution in [0.1, 0.15) is 33.6 Å². The summed E-state index contributed by atoms with van der Waals surface area (Å²) in [5, 5.41) is 12.6. The average molecular weight is 267 g/mol. The topological polar surface area (TPSA) is 80.4 Å². The summed E-state index contributed by atoms with van der Waals surface area (Å²) in [5.74, 6) is 1.61. The van der Waals surface area contributed by atoms with Gasteiger partial charge in [0.25, 0.3) is 0 Å². The molecule has 19 heavy (non-hydrogen) atoms. The highest BCUT2D eigenvalue weighted by molar-refractivity contribution is 5.53. The van der Waals surface area contributed by atoms with Crippen LogP contribution in [0.25, 0.3) is 0 Å². The molecule has 4 N–H and O–H groups in total. The Labute approximate surface area is 115 Å². The number of nitrogens with zero attached hydrogens (tertiary/aromatic N) is 1. The van der Waals surface area contributed by atoms with Gasteiger partial charge in [-0.25, -0.2) is 0 Å². The average Bonchev–Trinajstić information content (AvgIpc) is 2.38. The van der Waals surface area contributed by atoms with E-state index in [1.165, 1.54) is 0 Å². The summed E-state index contributed by atoms with van der Waals surface area (Å²) in [6, 6.07) is 3.59. The van der Waals surface area contributed by atoms with E-state index in [4.69, 9.17) is 10.5 Å². The Morgan fingerprint density at radius 3 is 2.79 bits per heavy atom. The first kappa shape index (κ1) is 15.6. The van der Waals surface area contributed by atoms with E-state index < -0.39 is 0 Å².